The van der Waals surface area contributed by atoms with E-state index < -0.39 is 11.9 Å². The van der Waals surface area contributed by atoms with Gasteiger partial charge in [-0.15, -0.1) is 0 Å². The molecule has 3 amide bonds. The van der Waals surface area contributed by atoms with Gasteiger partial charge in [0.2, 0.25) is 0 Å². The quantitative estimate of drug-likeness (QED) is 0.550. The fourth-order valence-electron chi connectivity index (χ4n) is 2.35. The number of rotatable bonds is 5. The molecule has 1 fully saturated rings. The van der Waals surface area contributed by atoms with Crippen molar-refractivity contribution < 1.29 is 19.1 Å². The van der Waals surface area contributed by atoms with Crippen LogP contribution in [0.2, 0.25) is 5.02 Å². The molecule has 0 unspecified atom stereocenters. The number of ether oxygens (including phenoxy) is 2. The van der Waals surface area contributed by atoms with E-state index in [-0.39, 0.29) is 5.70 Å². The first-order valence-electron chi connectivity index (χ1n) is 7.55. The second kappa shape index (κ2) is 7.80. The van der Waals surface area contributed by atoms with Crippen LogP contribution in [0.5, 0.6) is 11.5 Å². The van der Waals surface area contributed by atoms with E-state index in [2.05, 4.69) is 26.6 Å². The zero-order valence-corrected chi connectivity index (χ0v) is 16.0. The van der Waals surface area contributed by atoms with Crippen LogP contribution in [0, 0.1) is 0 Å². The zero-order valence-electron chi connectivity index (χ0n) is 13.6. The number of carbonyl (C=O) groups excluding carboxylic acids is 2. The first kappa shape index (κ1) is 18.3. The number of urea groups is 1. The molecular weight excluding hydrogens is 424 g/mol. The maximum Gasteiger partial charge on any atom is 0.326 e. The van der Waals surface area contributed by atoms with Crippen LogP contribution in [-0.4, -0.2) is 19.0 Å². The molecule has 1 heterocycles. The van der Waals surface area contributed by atoms with E-state index in [0.29, 0.717) is 28.7 Å². The van der Waals surface area contributed by atoms with Crippen molar-refractivity contribution in [1.82, 2.24) is 10.6 Å². The Hall–Kier alpha value is -2.51. The van der Waals surface area contributed by atoms with E-state index in [0.717, 1.165) is 10.0 Å². The molecule has 0 saturated carbocycles. The van der Waals surface area contributed by atoms with Crippen LogP contribution in [0.4, 0.5) is 4.79 Å². The molecule has 1 aliphatic heterocycles. The van der Waals surface area contributed by atoms with Crippen molar-refractivity contribution >= 4 is 45.5 Å². The average molecular weight is 438 g/mol. The minimum absolute atomic E-state index is 0.136. The topological polar surface area (TPSA) is 76.7 Å². The van der Waals surface area contributed by atoms with E-state index >= 15 is 0 Å². The molecule has 1 saturated heterocycles. The highest BCUT2D eigenvalue weighted by atomic mass is 79.9. The molecular formula is C18H14BrClN2O4. The van der Waals surface area contributed by atoms with E-state index in [1.54, 1.807) is 12.1 Å². The summed E-state index contributed by atoms with van der Waals surface area (Å²) in [5.41, 5.74) is 1.70. The molecule has 0 radical (unpaired) electrons. The van der Waals surface area contributed by atoms with Gasteiger partial charge in [-0.1, -0.05) is 39.7 Å². The summed E-state index contributed by atoms with van der Waals surface area (Å²) in [7, 11) is 1.50. The van der Waals surface area contributed by atoms with Crippen LogP contribution in [0.15, 0.2) is 46.6 Å². The summed E-state index contributed by atoms with van der Waals surface area (Å²) in [6.45, 7) is 0.322. The lowest BCUT2D eigenvalue weighted by molar-refractivity contribution is -0.115. The number of hydrogen-bond acceptors (Lipinski definition) is 4. The van der Waals surface area contributed by atoms with Gasteiger partial charge in [-0.2, -0.15) is 0 Å². The lowest BCUT2D eigenvalue weighted by atomic mass is 10.1. The van der Waals surface area contributed by atoms with Gasteiger partial charge in [0.15, 0.2) is 11.5 Å². The van der Waals surface area contributed by atoms with Crippen LogP contribution in [0.1, 0.15) is 11.1 Å². The molecule has 0 atom stereocenters. The number of carbonyl (C=O) groups is 2. The monoisotopic (exact) mass is 436 g/mol. The number of imide groups is 1. The van der Waals surface area contributed by atoms with Gasteiger partial charge < -0.3 is 14.8 Å². The normalized spacial score (nSPS) is 15.0. The number of benzene rings is 2. The molecule has 2 aromatic rings. The summed E-state index contributed by atoms with van der Waals surface area (Å²) >= 11 is 9.71. The van der Waals surface area contributed by atoms with Crippen LogP contribution in [0.3, 0.4) is 0 Å². The van der Waals surface area contributed by atoms with Gasteiger partial charge in [-0.25, -0.2) is 4.79 Å². The second-order valence-corrected chi connectivity index (χ2v) is 6.74. The standard InChI is InChI=1S/C18H14BrClN2O4/c1-25-15-8-11(7-14-17(23)22-18(24)21-14)6-13(20)16(15)26-9-10-2-4-12(19)5-3-10/h2-8H,9H2,1H3,(H2,21,22,23,24). The average Bonchev–Trinajstić information content (AvgIpc) is 2.92. The first-order chi connectivity index (χ1) is 12.5. The molecule has 2 N–H and O–H groups in total. The molecule has 0 bridgehead atoms. The zero-order chi connectivity index (χ0) is 18.7. The summed E-state index contributed by atoms with van der Waals surface area (Å²) in [5.74, 6) is 0.325. The Kier molecular flexibility index (Phi) is 5.49. The lowest BCUT2D eigenvalue weighted by Gasteiger charge is -2.13. The number of nitrogens with one attached hydrogen (secondary N) is 2. The van der Waals surface area contributed by atoms with Crippen molar-refractivity contribution in [1.29, 1.82) is 0 Å². The molecule has 134 valence electrons. The summed E-state index contributed by atoms with van der Waals surface area (Å²) in [6, 6.07) is 10.5. The Bertz CT molecular complexity index is 897. The Morgan fingerprint density at radius 2 is 1.88 bits per heavy atom. The summed E-state index contributed by atoms with van der Waals surface area (Å²) in [6.07, 6.45) is 1.51. The minimum Gasteiger partial charge on any atom is -0.493 e. The number of methoxy groups -OCH3 is 1. The number of halogens is 2. The molecule has 0 aliphatic carbocycles. The van der Waals surface area contributed by atoms with Gasteiger partial charge in [0.05, 0.1) is 12.1 Å². The van der Waals surface area contributed by atoms with E-state index in [9.17, 15) is 9.59 Å². The molecule has 3 rings (SSSR count). The Labute approximate surface area is 163 Å². The predicted octanol–water partition coefficient (Wildman–Crippen LogP) is 3.87. The number of hydrogen-bond donors (Lipinski definition) is 2. The summed E-state index contributed by atoms with van der Waals surface area (Å²) < 4.78 is 12.1. The van der Waals surface area contributed by atoms with Crippen molar-refractivity contribution in [3.63, 3.8) is 0 Å². The van der Waals surface area contributed by atoms with Crippen LogP contribution >= 0.6 is 27.5 Å². The number of amides is 3. The minimum atomic E-state index is -0.561. The van der Waals surface area contributed by atoms with Gasteiger partial charge >= 0.3 is 6.03 Å². The van der Waals surface area contributed by atoms with Crippen molar-refractivity contribution in [2.45, 2.75) is 6.61 Å². The maximum atomic E-state index is 11.6. The van der Waals surface area contributed by atoms with Gasteiger partial charge in [0.1, 0.15) is 12.3 Å². The Morgan fingerprint density at radius 3 is 2.50 bits per heavy atom. The van der Waals surface area contributed by atoms with E-state index in [1.165, 1.54) is 13.2 Å². The Balaban J connectivity index is 1.83. The van der Waals surface area contributed by atoms with Crippen LogP contribution < -0.4 is 20.1 Å². The van der Waals surface area contributed by atoms with Crippen molar-refractivity contribution in [3.8, 4) is 11.5 Å². The highest BCUT2D eigenvalue weighted by Gasteiger charge is 2.23. The van der Waals surface area contributed by atoms with E-state index in [1.807, 2.05) is 24.3 Å². The van der Waals surface area contributed by atoms with Crippen molar-refractivity contribution in [3.05, 3.63) is 62.7 Å². The Morgan fingerprint density at radius 1 is 1.15 bits per heavy atom. The molecule has 1 aliphatic rings. The van der Waals surface area contributed by atoms with Gasteiger partial charge in [0, 0.05) is 4.47 Å². The molecule has 6 nitrogen and oxygen atoms in total. The van der Waals surface area contributed by atoms with Crippen molar-refractivity contribution in [2.75, 3.05) is 7.11 Å². The highest BCUT2D eigenvalue weighted by molar-refractivity contribution is 9.10. The molecule has 8 heteroatoms. The lowest BCUT2D eigenvalue weighted by Crippen LogP contribution is -2.22. The predicted molar refractivity (Wildman–Crippen MR) is 101 cm³/mol. The van der Waals surface area contributed by atoms with Crippen molar-refractivity contribution in [2.24, 2.45) is 0 Å². The molecule has 0 aromatic heterocycles. The van der Waals surface area contributed by atoms with Crippen LogP contribution in [0.25, 0.3) is 6.08 Å². The smallest absolute Gasteiger partial charge is 0.326 e. The molecule has 26 heavy (non-hydrogen) atoms. The fraction of sp³-hybridized carbons (Fsp3) is 0.111. The highest BCUT2D eigenvalue weighted by Crippen LogP contribution is 2.37. The maximum absolute atomic E-state index is 11.6. The van der Waals surface area contributed by atoms with Gasteiger partial charge in [0.25, 0.3) is 5.91 Å². The third-order valence-corrected chi connectivity index (χ3v) is 4.39. The van der Waals surface area contributed by atoms with E-state index in [4.69, 9.17) is 21.1 Å². The van der Waals surface area contributed by atoms with Gasteiger partial charge in [-0.05, 0) is 41.5 Å². The first-order valence-corrected chi connectivity index (χ1v) is 8.72. The van der Waals surface area contributed by atoms with Gasteiger partial charge in [-0.3, -0.25) is 10.1 Å². The summed E-state index contributed by atoms with van der Waals surface area (Å²) in [5, 5.41) is 4.88. The summed E-state index contributed by atoms with van der Waals surface area (Å²) in [4.78, 5) is 22.8. The second-order valence-electron chi connectivity index (χ2n) is 5.42. The molecule has 2 aromatic carbocycles. The third kappa shape index (κ3) is 4.17. The third-order valence-electron chi connectivity index (χ3n) is 3.58. The largest absolute Gasteiger partial charge is 0.493 e. The van der Waals surface area contributed by atoms with Crippen LogP contribution in [-0.2, 0) is 11.4 Å². The SMILES string of the molecule is COc1cc(C=C2NC(=O)NC2=O)cc(Cl)c1OCc1ccc(Br)cc1. The fourth-order valence-corrected chi connectivity index (χ4v) is 2.89. The molecule has 0 spiro atoms.